The molecule has 2 N–H and O–H groups in total. The number of hydrogen-bond donors (Lipinski definition) is 2. The lowest BCUT2D eigenvalue weighted by molar-refractivity contribution is -0.119. The van der Waals surface area contributed by atoms with Crippen LogP contribution in [0.5, 0.6) is 0 Å². The lowest BCUT2D eigenvalue weighted by Gasteiger charge is -2.12. The quantitative estimate of drug-likeness (QED) is 0.198. The summed E-state index contributed by atoms with van der Waals surface area (Å²) in [6.45, 7) is 3.60. The van der Waals surface area contributed by atoms with Crippen molar-refractivity contribution in [3.8, 4) is 0 Å². The van der Waals surface area contributed by atoms with Crippen molar-refractivity contribution >= 4 is 40.8 Å². The molecule has 0 heterocycles. The van der Waals surface area contributed by atoms with Crippen LogP contribution in [0.4, 0.5) is 11.4 Å². The predicted molar refractivity (Wildman–Crippen MR) is 142 cm³/mol. The molecule has 2 aromatic rings. The van der Waals surface area contributed by atoms with Crippen LogP contribution in [0.1, 0.15) is 87.1 Å². The van der Waals surface area contributed by atoms with Crippen LogP contribution in [-0.4, -0.2) is 24.4 Å². The van der Waals surface area contributed by atoms with E-state index < -0.39 is 18.5 Å². The van der Waals surface area contributed by atoms with Crippen molar-refractivity contribution in [1.82, 2.24) is 0 Å². The Morgan fingerprint density at radius 1 is 0.800 bits per heavy atom. The second kappa shape index (κ2) is 15.9. The van der Waals surface area contributed by atoms with Crippen LogP contribution in [0.3, 0.4) is 0 Å². The predicted octanol–water partition coefficient (Wildman–Crippen LogP) is 7.30. The maximum absolute atomic E-state index is 12.6. The van der Waals surface area contributed by atoms with E-state index in [1.54, 1.807) is 42.5 Å². The highest BCUT2D eigenvalue weighted by Crippen LogP contribution is 2.21. The first-order chi connectivity index (χ1) is 16.9. The minimum Gasteiger partial charge on any atom is -0.452 e. The van der Waals surface area contributed by atoms with Crippen LogP contribution >= 0.6 is 11.6 Å². The molecule has 0 saturated carbocycles. The summed E-state index contributed by atoms with van der Waals surface area (Å²) in [5, 5.41) is 5.98. The molecule has 190 valence electrons. The van der Waals surface area contributed by atoms with Gasteiger partial charge in [-0.05, 0) is 43.2 Å². The molecule has 7 heteroatoms. The van der Waals surface area contributed by atoms with Gasteiger partial charge >= 0.3 is 5.97 Å². The Morgan fingerprint density at radius 3 is 2.14 bits per heavy atom. The standard InChI is InChI=1S/C28H37ClN2O4/c1-3-4-5-6-7-8-9-10-11-16-26(32)30-24-15-13-12-14-23(24)28(34)35-20-27(33)31-25-19-22(29)18-17-21(25)2/h12-15,17-19H,3-11,16,20H2,1-2H3,(H,30,32)(H,31,33). The average molecular weight is 501 g/mol. The molecule has 0 atom stereocenters. The third-order valence-corrected chi connectivity index (χ3v) is 5.97. The minimum atomic E-state index is -0.679. The average Bonchev–Trinajstić information content (AvgIpc) is 2.84. The Labute approximate surface area is 213 Å². The topological polar surface area (TPSA) is 84.5 Å². The van der Waals surface area contributed by atoms with E-state index in [4.69, 9.17) is 16.3 Å². The number of benzene rings is 2. The molecule has 35 heavy (non-hydrogen) atoms. The number of carbonyl (C=O) groups excluding carboxylic acids is 3. The number of ether oxygens (including phenoxy) is 1. The van der Waals surface area contributed by atoms with Crippen LogP contribution in [0, 0.1) is 6.92 Å². The third kappa shape index (κ3) is 11.0. The fourth-order valence-corrected chi connectivity index (χ4v) is 3.88. The molecule has 0 bridgehead atoms. The summed E-state index contributed by atoms with van der Waals surface area (Å²) in [7, 11) is 0. The summed E-state index contributed by atoms with van der Waals surface area (Å²) < 4.78 is 5.18. The second-order valence-corrected chi connectivity index (χ2v) is 9.19. The molecular weight excluding hydrogens is 464 g/mol. The van der Waals surface area contributed by atoms with Gasteiger partial charge in [0.15, 0.2) is 6.61 Å². The fourth-order valence-electron chi connectivity index (χ4n) is 3.70. The minimum absolute atomic E-state index is 0.137. The van der Waals surface area contributed by atoms with E-state index in [1.165, 1.54) is 38.5 Å². The molecule has 2 aromatic carbocycles. The van der Waals surface area contributed by atoms with E-state index in [-0.39, 0.29) is 11.5 Å². The molecule has 0 unspecified atom stereocenters. The van der Waals surface area contributed by atoms with Crippen LogP contribution in [0.2, 0.25) is 5.02 Å². The third-order valence-electron chi connectivity index (χ3n) is 5.74. The van der Waals surface area contributed by atoms with Gasteiger partial charge in [0.25, 0.3) is 5.91 Å². The monoisotopic (exact) mass is 500 g/mol. The zero-order valence-electron chi connectivity index (χ0n) is 20.8. The van der Waals surface area contributed by atoms with Crippen molar-refractivity contribution in [1.29, 1.82) is 0 Å². The van der Waals surface area contributed by atoms with Crippen molar-refractivity contribution in [2.45, 2.75) is 78.1 Å². The highest BCUT2D eigenvalue weighted by Gasteiger charge is 2.16. The van der Waals surface area contributed by atoms with Crippen molar-refractivity contribution in [3.63, 3.8) is 0 Å². The Morgan fingerprint density at radius 2 is 1.43 bits per heavy atom. The van der Waals surface area contributed by atoms with E-state index in [0.29, 0.717) is 22.8 Å². The number of halogens is 1. The van der Waals surface area contributed by atoms with Gasteiger partial charge in [0, 0.05) is 17.1 Å². The summed E-state index contributed by atoms with van der Waals surface area (Å²) in [4.78, 5) is 37.2. The molecular formula is C28H37ClN2O4. The first-order valence-corrected chi connectivity index (χ1v) is 12.9. The molecule has 0 fully saturated rings. The Balaban J connectivity index is 1.75. The number of para-hydroxylation sites is 1. The fraction of sp³-hybridized carbons (Fsp3) is 0.464. The summed E-state index contributed by atoms with van der Waals surface area (Å²) in [5.41, 5.74) is 1.99. The molecule has 0 saturated heterocycles. The van der Waals surface area contributed by atoms with Crippen molar-refractivity contribution in [2.24, 2.45) is 0 Å². The number of esters is 1. The number of aryl methyl sites for hydroxylation is 1. The number of rotatable bonds is 15. The van der Waals surface area contributed by atoms with E-state index in [0.717, 1.165) is 24.8 Å². The molecule has 0 radical (unpaired) electrons. The molecule has 6 nitrogen and oxygen atoms in total. The number of hydrogen-bond acceptors (Lipinski definition) is 4. The maximum Gasteiger partial charge on any atom is 0.340 e. The molecule has 0 spiro atoms. The Bertz CT molecular complexity index is 977. The van der Waals surface area contributed by atoms with E-state index in [2.05, 4.69) is 17.6 Å². The largest absolute Gasteiger partial charge is 0.452 e. The number of unbranched alkanes of at least 4 members (excludes halogenated alkanes) is 8. The number of anilines is 2. The van der Waals surface area contributed by atoms with Gasteiger partial charge in [0.1, 0.15) is 0 Å². The molecule has 0 aromatic heterocycles. The number of amides is 2. The van der Waals surface area contributed by atoms with Crippen molar-refractivity contribution in [3.05, 3.63) is 58.6 Å². The molecule has 2 amide bonds. The van der Waals surface area contributed by atoms with Gasteiger partial charge < -0.3 is 15.4 Å². The van der Waals surface area contributed by atoms with E-state index >= 15 is 0 Å². The van der Waals surface area contributed by atoms with Crippen LogP contribution in [0.25, 0.3) is 0 Å². The van der Waals surface area contributed by atoms with Gasteiger partial charge in [-0.25, -0.2) is 4.79 Å². The van der Waals surface area contributed by atoms with Crippen LogP contribution in [-0.2, 0) is 14.3 Å². The number of carbonyl (C=O) groups is 3. The summed E-state index contributed by atoms with van der Waals surface area (Å²) >= 11 is 5.97. The van der Waals surface area contributed by atoms with E-state index in [1.807, 2.05) is 6.92 Å². The van der Waals surface area contributed by atoms with Gasteiger partial charge in [0.2, 0.25) is 5.91 Å². The van der Waals surface area contributed by atoms with Crippen molar-refractivity contribution < 1.29 is 19.1 Å². The number of nitrogens with one attached hydrogen (secondary N) is 2. The normalized spacial score (nSPS) is 10.6. The van der Waals surface area contributed by atoms with Crippen molar-refractivity contribution in [2.75, 3.05) is 17.2 Å². The molecule has 0 aliphatic heterocycles. The lowest BCUT2D eigenvalue weighted by Crippen LogP contribution is -2.22. The second-order valence-electron chi connectivity index (χ2n) is 8.76. The summed E-state index contributed by atoms with van der Waals surface area (Å²) in [6.07, 6.45) is 11.0. The molecule has 2 rings (SSSR count). The van der Waals surface area contributed by atoms with E-state index in [9.17, 15) is 14.4 Å². The van der Waals surface area contributed by atoms with Gasteiger partial charge in [-0.1, -0.05) is 88.1 Å². The molecule has 0 aliphatic rings. The first kappa shape index (κ1) is 28.4. The van der Waals surface area contributed by atoms with Gasteiger partial charge in [0.05, 0.1) is 11.3 Å². The highest BCUT2D eigenvalue weighted by molar-refractivity contribution is 6.31. The zero-order chi connectivity index (χ0) is 25.5. The van der Waals surface area contributed by atoms with Gasteiger partial charge in [-0.3, -0.25) is 9.59 Å². The summed E-state index contributed by atoms with van der Waals surface area (Å²) in [5.74, 6) is -1.29. The first-order valence-electron chi connectivity index (χ1n) is 12.5. The Kier molecular flexibility index (Phi) is 12.9. The molecule has 0 aliphatic carbocycles. The maximum atomic E-state index is 12.6. The van der Waals surface area contributed by atoms with Gasteiger partial charge in [-0.2, -0.15) is 0 Å². The van der Waals surface area contributed by atoms with Crippen LogP contribution in [0.15, 0.2) is 42.5 Å². The Hall–Kier alpha value is -2.86. The highest BCUT2D eigenvalue weighted by atomic mass is 35.5. The lowest BCUT2D eigenvalue weighted by atomic mass is 10.1. The van der Waals surface area contributed by atoms with Gasteiger partial charge in [-0.15, -0.1) is 0 Å². The smallest absolute Gasteiger partial charge is 0.340 e. The van der Waals surface area contributed by atoms with Crippen LogP contribution < -0.4 is 10.6 Å². The zero-order valence-corrected chi connectivity index (χ0v) is 21.6. The summed E-state index contributed by atoms with van der Waals surface area (Å²) in [6, 6.07) is 11.8. The SMILES string of the molecule is CCCCCCCCCCCC(=O)Nc1ccccc1C(=O)OCC(=O)Nc1cc(Cl)ccc1C.